The largest absolute Gasteiger partial charge is 0.481 e. The van der Waals surface area contributed by atoms with Crippen LogP contribution in [0.1, 0.15) is 33.6 Å². The zero-order valence-corrected chi connectivity index (χ0v) is 23.3. The quantitative estimate of drug-likeness (QED) is 0.174. The number of ether oxygens (including phenoxy) is 2. The van der Waals surface area contributed by atoms with Crippen LogP contribution in [0.15, 0.2) is 24.8 Å². The van der Waals surface area contributed by atoms with Crippen LogP contribution in [0, 0.1) is 0 Å². The van der Waals surface area contributed by atoms with Crippen molar-refractivity contribution in [3.63, 3.8) is 0 Å². The van der Waals surface area contributed by atoms with Crippen LogP contribution in [-0.2, 0) is 23.5 Å². The van der Waals surface area contributed by atoms with Gasteiger partial charge < -0.3 is 19.0 Å². The van der Waals surface area contributed by atoms with Crippen molar-refractivity contribution in [2.75, 3.05) is 0 Å². The number of carbonyl (C=O) groups is 2. The maximum atomic E-state index is 11.7. The number of carboxylic acids is 1. The summed E-state index contributed by atoms with van der Waals surface area (Å²) < 4.78 is 18.0. The molecule has 1 fully saturated rings. The second-order valence-electron chi connectivity index (χ2n) is 9.60. The van der Waals surface area contributed by atoms with E-state index in [0.29, 0.717) is 5.57 Å². The summed E-state index contributed by atoms with van der Waals surface area (Å²) in [6, 6.07) is 1.14. The van der Waals surface area contributed by atoms with Crippen molar-refractivity contribution in [2.45, 2.75) is 97.4 Å². The Morgan fingerprint density at radius 3 is 2.10 bits per heavy atom. The maximum absolute atomic E-state index is 11.7. The van der Waals surface area contributed by atoms with E-state index in [2.05, 4.69) is 59.4 Å². The predicted molar refractivity (Wildman–Crippen MR) is 130 cm³/mol. The lowest BCUT2D eigenvalue weighted by molar-refractivity contribution is -0.189. The number of carbonyl (C=O) groups excluding carboxylic acids is 1. The maximum Gasteiger partial charge on any atom is 0.335 e. The Hall–Kier alpha value is -1.01. The van der Waals surface area contributed by atoms with Crippen LogP contribution in [0.5, 0.6) is 0 Å². The van der Waals surface area contributed by atoms with Crippen LogP contribution in [0.4, 0.5) is 0 Å². The molecule has 3 atom stereocenters. The average molecular weight is 475 g/mol. The van der Waals surface area contributed by atoms with E-state index in [4.69, 9.17) is 19.0 Å². The SMILES string of the molecule is C=C(C)C(=O)OC(C)OC(CC)C1C[Si](C)(C)[Si](C)(C)[Si](C)(C)O1.C=CCC(=O)O. The molecule has 174 valence electrons. The Morgan fingerprint density at radius 1 is 1.23 bits per heavy atom. The molecule has 6 nitrogen and oxygen atoms in total. The molecule has 0 bridgehead atoms. The van der Waals surface area contributed by atoms with Crippen molar-refractivity contribution >= 4 is 34.5 Å². The number of hydrogen-bond acceptors (Lipinski definition) is 5. The zero-order valence-electron chi connectivity index (χ0n) is 20.3. The van der Waals surface area contributed by atoms with Gasteiger partial charge in [0.15, 0.2) is 7.83 Å². The van der Waals surface area contributed by atoms with E-state index in [0.717, 1.165) is 12.5 Å². The van der Waals surface area contributed by atoms with E-state index in [9.17, 15) is 9.59 Å². The molecular weight excluding hydrogens is 432 g/mol. The highest BCUT2D eigenvalue weighted by atomic mass is 29.6. The minimum absolute atomic E-state index is 0.0263. The van der Waals surface area contributed by atoms with Gasteiger partial charge in [-0.2, -0.15) is 0 Å². The van der Waals surface area contributed by atoms with Gasteiger partial charge >= 0.3 is 11.9 Å². The van der Waals surface area contributed by atoms with E-state index < -0.39 is 40.8 Å². The van der Waals surface area contributed by atoms with E-state index in [-0.39, 0.29) is 18.6 Å². The fourth-order valence-corrected chi connectivity index (χ4v) is 32.9. The number of rotatable bonds is 8. The number of hydrogen-bond donors (Lipinski definition) is 1. The molecule has 0 radical (unpaired) electrons. The highest BCUT2D eigenvalue weighted by Gasteiger charge is 2.59. The molecule has 0 amide bonds. The molecular formula is C21H42O6Si3. The fraction of sp³-hybridized carbons (Fsp3) is 0.714. The van der Waals surface area contributed by atoms with Crippen molar-refractivity contribution in [3.8, 4) is 0 Å². The Balaban J connectivity index is 0.00000122. The summed E-state index contributed by atoms with van der Waals surface area (Å²) in [5.74, 6) is -1.23. The third kappa shape index (κ3) is 7.92. The standard InChI is InChI=1S/C17H36O4Si3.C4H6O2/c1-11-15(19-14(4)20-17(18)13(2)3)16-12-22(5,6)24(9,10)23(7,8)21-16;1-2-3-4(5)6/h14-16H,2,11-12H2,1,3-10H3;2H,1,3H2,(H,5,6). The third-order valence-electron chi connectivity index (χ3n) is 6.48. The molecule has 0 spiro atoms. The second-order valence-corrected chi connectivity index (χ2v) is 37.0. The number of carboxylic acid groups (broad SMARTS) is 1. The first-order chi connectivity index (χ1) is 13.5. The molecule has 1 rings (SSSR count). The number of esters is 1. The van der Waals surface area contributed by atoms with E-state index >= 15 is 0 Å². The van der Waals surface area contributed by atoms with Crippen molar-refractivity contribution in [1.82, 2.24) is 0 Å². The second kappa shape index (κ2) is 11.6. The topological polar surface area (TPSA) is 82.1 Å². The third-order valence-corrected chi connectivity index (χ3v) is 46.8. The zero-order chi connectivity index (χ0) is 23.9. The van der Waals surface area contributed by atoms with Gasteiger partial charge in [-0.05, 0) is 39.4 Å². The minimum Gasteiger partial charge on any atom is -0.481 e. The van der Waals surface area contributed by atoms with Crippen LogP contribution in [0.25, 0.3) is 0 Å². The van der Waals surface area contributed by atoms with Crippen molar-refractivity contribution in [1.29, 1.82) is 0 Å². The van der Waals surface area contributed by atoms with Gasteiger partial charge in [0.2, 0.25) is 6.29 Å². The monoisotopic (exact) mass is 474 g/mol. The molecule has 1 N–H and O–H groups in total. The Bertz CT molecular complexity index is 610. The highest BCUT2D eigenvalue weighted by molar-refractivity contribution is 7.67. The van der Waals surface area contributed by atoms with Gasteiger partial charge in [0.1, 0.15) is 0 Å². The van der Waals surface area contributed by atoms with Crippen LogP contribution in [-0.4, -0.2) is 58.1 Å². The summed E-state index contributed by atoms with van der Waals surface area (Å²) in [4.78, 5) is 21.2. The molecule has 9 heteroatoms. The lowest BCUT2D eigenvalue weighted by atomic mass is 10.2. The molecule has 0 aromatic heterocycles. The summed E-state index contributed by atoms with van der Waals surface area (Å²) >= 11 is 0. The predicted octanol–water partition coefficient (Wildman–Crippen LogP) is 5.07. The number of aliphatic carboxylic acids is 1. The molecule has 1 aliphatic heterocycles. The smallest absolute Gasteiger partial charge is 0.335 e. The molecule has 0 aromatic rings. The Morgan fingerprint density at radius 2 is 1.77 bits per heavy atom. The van der Waals surface area contributed by atoms with Gasteiger partial charge in [-0.1, -0.05) is 45.8 Å². The van der Waals surface area contributed by atoms with Crippen molar-refractivity contribution < 1.29 is 28.6 Å². The summed E-state index contributed by atoms with van der Waals surface area (Å²) in [6.07, 6.45) is 1.79. The first kappa shape index (κ1) is 29.0. The average Bonchev–Trinajstić information content (AvgIpc) is 2.57. The molecule has 1 saturated heterocycles. The lowest BCUT2D eigenvalue weighted by Gasteiger charge is -2.55. The summed E-state index contributed by atoms with van der Waals surface area (Å²) in [5, 5.41) is 7.84. The molecule has 0 aliphatic carbocycles. The van der Waals surface area contributed by atoms with Gasteiger partial charge in [0, 0.05) is 13.2 Å². The Labute approximate surface area is 185 Å². The minimum atomic E-state index is -1.70. The summed E-state index contributed by atoms with van der Waals surface area (Å²) in [7, 11) is -4.34. The Kier molecular flexibility index (Phi) is 11.2. The molecule has 3 unspecified atom stereocenters. The molecule has 30 heavy (non-hydrogen) atoms. The van der Waals surface area contributed by atoms with E-state index in [1.54, 1.807) is 13.8 Å². The van der Waals surface area contributed by atoms with Crippen molar-refractivity contribution in [3.05, 3.63) is 24.8 Å². The normalized spacial score (nSPS) is 23.2. The van der Waals surface area contributed by atoms with Gasteiger partial charge in [-0.15, -0.1) is 6.58 Å². The van der Waals surface area contributed by atoms with Gasteiger partial charge in [0.05, 0.1) is 25.7 Å². The molecule has 0 aromatic carbocycles. The molecule has 1 aliphatic rings. The van der Waals surface area contributed by atoms with Gasteiger partial charge in [-0.3, -0.25) is 4.79 Å². The first-order valence-corrected chi connectivity index (χ1v) is 21.7. The van der Waals surface area contributed by atoms with E-state index in [1.165, 1.54) is 6.08 Å². The van der Waals surface area contributed by atoms with E-state index in [1.807, 2.05) is 0 Å². The summed E-state index contributed by atoms with van der Waals surface area (Å²) in [6.45, 7) is 27.2. The first-order valence-electron chi connectivity index (χ1n) is 10.5. The van der Waals surface area contributed by atoms with Crippen molar-refractivity contribution in [2.24, 2.45) is 0 Å². The van der Waals surface area contributed by atoms with Gasteiger partial charge in [0.25, 0.3) is 0 Å². The fourth-order valence-electron chi connectivity index (χ4n) is 3.44. The van der Waals surface area contributed by atoms with Crippen LogP contribution < -0.4 is 0 Å². The molecule has 1 heterocycles. The van der Waals surface area contributed by atoms with Crippen LogP contribution >= 0.6 is 0 Å². The van der Waals surface area contributed by atoms with Crippen LogP contribution in [0.3, 0.4) is 0 Å². The highest BCUT2D eigenvalue weighted by Crippen LogP contribution is 2.41. The summed E-state index contributed by atoms with van der Waals surface area (Å²) in [5.41, 5.74) is 0.391. The lowest BCUT2D eigenvalue weighted by Crippen LogP contribution is -2.77. The van der Waals surface area contributed by atoms with Gasteiger partial charge in [-0.25, -0.2) is 4.79 Å². The van der Waals surface area contributed by atoms with Crippen LogP contribution in [0.2, 0.25) is 45.3 Å². The molecule has 0 saturated carbocycles.